The fourth-order valence-electron chi connectivity index (χ4n) is 1.67. The van der Waals surface area contributed by atoms with Crippen LogP contribution in [0, 0.1) is 0 Å². The van der Waals surface area contributed by atoms with E-state index in [9.17, 15) is 0 Å². The third-order valence-electron chi connectivity index (χ3n) is 2.73. The van der Waals surface area contributed by atoms with Crippen molar-refractivity contribution in [1.82, 2.24) is 4.90 Å². The first-order chi connectivity index (χ1) is 6.76. The Hall–Kier alpha value is -0.160. The predicted molar refractivity (Wildman–Crippen MR) is 56.1 cm³/mol. The van der Waals surface area contributed by atoms with E-state index in [1.165, 1.54) is 0 Å². The van der Waals surface area contributed by atoms with Crippen LogP contribution in [0.3, 0.4) is 0 Å². The molecule has 0 bridgehead atoms. The molecule has 1 heterocycles. The summed E-state index contributed by atoms with van der Waals surface area (Å²) >= 11 is 0. The van der Waals surface area contributed by atoms with Crippen molar-refractivity contribution in [3.63, 3.8) is 0 Å². The van der Waals surface area contributed by atoms with Gasteiger partial charge >= 0.3 is 0 Å². The Balaban J connectivity index is 2.17. The average Bonchev–Trinajstić information content (AvgIpc) is 2.26. The molecule has 0 aromatic carbocycles. The molecule has 0 spiro atoms. The molecular weight excluding hydrogens is 180 g/mol. The monoisotopic (exact) mass is 202 g/mol. The lowest BCUT2D eigenvalue weighted by Gasteiger charge is -2.32. The van der Waals surface area contributed by atoms with Crippen molar-refractivity contribution >= 4 is 0 Å². The lowest BCUT2D eigenvalue weighted by atomic mass is 10.2. The van der Waals surface area contributed by atoms with Crippen molar-refractivity contribution < 1.29 is 9.84 Å². The van der Waals surface area contributed by atoms with E-state index < -0.39 is 0 Å². The maximum absolute atomic E-state index is 8.79. The van der Waals surface area contributed by atoms with Gasteiger partial charge in [0.25, 0.3) is 0 Å². The van der Waals surface area contributed by atoms with Crippen molar-refractivity contribution in [3.05, 3.63) is 0 Å². The summed E-state index contributed by atoms with van der Waals surface area (Å²) in [4.78, 5) is 2.37. The van der Waals surface area contributed by atoms with E-state index in [1.807, 2.05) is 0 Å². The molecule has 0 saturated carbocycles. The number of aliphatic hydroxyl groups excluding tert-OH is 1. The van der Waals surface area contributed by atoms with Gasteiger partial charge in [-0.25, -0.2) is 0 Å². The summed E-state index contributed by atoms with van der Waals surface area (Å²) in [7, 11) is 0. The van der Waals surface area contributed by atoms with Crippen LogP contribution in [0.5, 0.6) is 0 Å². The first-order valence-corrected chi connectivity index (χ1v) is 5.46. The van der Waals surface area contributed by atoms with Crippen LogP contribution in [-0.4, -0.2) is 55.0 Å². The van der Waals surface area contributed by atoms with Gasteiger partial charge in [0.15, 0.2) is 0 Å². The van der Waals surface area contributed by atoms with Crippen LogP contribution in [0.2, 0.25) is 0 Å². The second-order valence-electron chi connectivity index (χ2n) is 3.93. The highest BCUT2D eigenvalue weighted by Gasteiger charge is 2.18. The highest BCUT2D eigenvalue weighted by Crippen LogP contribution is 2.08. The molecule has 4 heteroatoms. The van der Waals surface area contributed by atoms with Gasteiger partial charge < -0.3 is 15.6 Å². The number of morpholine rings is 1. The smallest absolute Gasteiger partial charge is 0.0700 e. The summed E-state index contributed by atoms with van der Waals surface area (Å²) in [6, 6.07) is -0.0714. The SMILES string of the molecule is CCC1CN(CCC(N)CO)CCO1. The van der Waals surface area contributed by atoms with Crippen molar-refractivity contribution in [2.24, 2.45) is 5.73 Å². The lowest BCUT2D eigenvalue weighted by molar-refractivity contribution is -0.0305. The Labute approximate surface area is 86.0 Å². The lowest BCUT2D eigenvalue weighted by Crippen LogP contribution is -2.44. The Morgan fingerprint density at radius 3 is 3.07 bits per heavy atom. The molecule has 1 saturated heterocycles. The van der Waals surface area contributed by atoms with Gasteiger partial charge in [-0.1, -0.05) is 6.92 Å². The molecular formula is C10H22N2O2. The zero-order chi connectivity index (χ0) is 10.4. The number of aliphatic hydroxyl groups is 1. The number of nitrogens with zero attached hydrogens (tertiary/aromatic N) is 1. The van der Waals surface area contributed by atoms with Crippen molar-refractivity contribution in [3.8, 4) is 0 Å². The summed E-state index contributed by atoms with van der Waals surface area (Å²) in [6.07, 6.45) is 2.32. The quantitative estimate of drug-likeness (QED) is 0.648. The molecule has 1 fully saturated rings. The van der Waals surface area contributed by atoms with Gasteiger partial charge in [-0.15, -0.1) is 0 Å². The van der Waals surface area contributed by atoms with Gasteiger partial charge in [0.2, 0.25) is 0 Å². The minimum atomic E-state index is -0.0714. The molecule has 1 aliphatic rings. The fraction of sp³-hybridized carbons (Fsp3) is 1.00. The minimum absolute atomic E-state index is 0.0714. The number of hydrogen-bond acceptors (Lipinski definition) is 4. The third-order valence-corrected chi connectivity index (χ3v) is 2.73. The Morgan fingerprint density at radius 1 is 1.64 bits per heavy atom. The summed E-state index contributed by atoms with van der Waals surface area (Å²) in [6.45, 7) is 6.03. The molecule has 0 radical (unpaired) electrons. The molecule has 84 valence electrons. The molecule has 3 N–H and O–H groups in total. The van der Waals surface area contributed by atoms with Crippen molar-refractivity contribution in [1.29, 1.82) is 0 Å². The molecule has 14 heavy (non-hydrogen) atoms. The van der Waals surface area contributed by atoms with Crippen LogP contribution in [0.25, 0.3) is 0 Å². The normalized spacial score (nSPS) is 26.4. The molecule has 1 aliphatic heterocycles. The summed E-state index contributed by atoms with van der Waals surface area (Å²) in [5.74, 6) is 0. The number of hydrogen-bond donors (Lipinski definition) is 2. The van der Waals surface area contributed by atoms with E-state index in [2.05, 4.69) is 11.8 Å². The van der Waals surface area contributed by atoms with E-state index in [4.69, 9.17) is 15.6 Å². The van der Waals surface area contributed by atoms with E-state index >= 15 is 0 Å². The molecule has 0 amide bonds. The van der Waals surface area contributed by atoms with Crippen LogP contribution in [0.4, 0.5) is 0 Å². The van der Waals surface area contributed by atoms with Crippen LogP contribution in [0.1, 0.15) is 19.8 Å². The molecule has 2 unspecified atom stereocenters. The van der Waals surface area contributed by atoms with Gasteiger partial charge in [-0.3, -0.25) is 4.90 Å². The second-order valence-corrected chi connectivity index (χ2v) is 3.93. The van der Waals surface area contributed by atoms with Crippen molar-refractivity contribution in [2.45, 2.75) is 31.9 Å². The van der Waals surface area contributed by atoms with Gasteiger partial charge in [0.1, 0.15) is 0 Å². The first-order valence-electron chi connectivity index (χ1n) is 5.46. The summed E-state index contributed by atoms with van der Waals surface area (Å²) < 4.78 is 5.57. The largest absolute Gasteiger partial charge is 0.395 e. The average molecular weight is 202 g/mol. The molecule has 0 aromatic heterocycles. The van der Waals surface area contributed by atoms with Crippen LogP contribution in [0.15, 0.2) is 0 Å². The van der Waals surface area contributed by atoms with Crippen LogP contribution in [-0.2, 0) is 4.74 Å². The summed E-state index contributed by atoms with van der Waals surface area (Å²) in [5.41, 5.74) is 5.65. The Kier molecular flexibility index (Phi) is 5.40. The highest BCUT2D eigenvalue weighted by molar-refractivity contribution is 4.72. The zero-order valence-corrected chi connectivity index (χ0v) is 8.98. The maximum atomic E-state index is 8.79. The second kappa shape index (κ2) is 6.35. The van der Waals surface area contributed by atoms with Gasteiger partial charge in [-0.05, 0) is 19.4 Å². The van der Waals surface area contributed by atoms with E-state index in [0.717, 1.165) is 39.1 Å². The number of ether oxygens (including phenoxy) is 1. The molecule has 1 rings (SSSR count). The molecule has 0 aromatic rings. The van der Waals surface area contributed by atoms with Gasteiger partial charge in [0.05, 0.1) is 19.3 Å². The van der Waals surface area contributed by atoms with Gasteiger partial charge in [-0.2, -0.15) is 0 Å². The highest BCUT2D eigenvalue weighted by atomic mass is 16.5. The fourth-order valence-corrected chi connectivity index (χ4v) is 1.67. The number of rotatable bonds is 5. The Morgan fingerprint density at radius 2 is 2.43 bits per heavy atom. The molecule has 4 nitrogen and oxygen atoms in total. The first kappa shape index (κ1) is 11.9. The third kappa shape index (κ3) is 3.92. The summed E-state index contributed by atoms with van der Waals surface area (Å²) in [5, 5.41) is 8.79. The van der Waals surface area contributed by atoms with E-state index in [-0.39, 0.29) is 12.6 Å². The Bertz CT molecular complexity index is 155. The van der Waals surface area contributed by atoms with Crippen LogP contribution < -0.4 is 5.73 Å². The maximum Gasteiger partial charge on any atom is 0.0700 e. The van der Waals surface area contributed by atoms with Crippen LogP contribution >= 0.6 is 0 Å². The standard InChI is InChI=1S/C10H22N2O2/c1-2-10-7-12(5-6-14-10)4-3-9(11)8-13/h9-10,13H,2-8,11H2,1H3. The van der Waals surface area contributed by atoms with E-state index in [0.29, 0.717) is 6.10 Å². The number of nitrogens with two attached hydrogens (primary N) is 1. The van der Waals surface area contributed by atoms with Gasteiger partial charge in [0, 0.05) is 19.1 Å². The molecule has 2 atom stereocenters. The predicted octanol–water partition coefficient (Wildman–Crippen LogP) is -0.193. The topological polar surface area (TPSA) is 58.7 Å². The van der Waals surface area contributed by atoms with E-state index in [1.54, 1.807) is 0 Å². The molecule has 0 aliphatic carbocycles. The minimum Gasteiger partial charge on any atom is -0.395 e. The zero-order valence-electron chi connectivity index (χ0n) is 8.98. The van der Waals surface area contributed by atoms with Crippen molar-refractivity contribution in [2.75, 3.05) is 32.8 Å².